The van der Waals surface area contributed by atoms with Crippen LogP contribution in [-0.2, 0) is 6.42 Å². The average molecular weight is 324 g/mol. The lowest BCUT2D eigenvalue weighted by molar-refractivity contribution is 0.278. The third-order valence-electron chi connectivity index (χ3n) is 5.68. The van der Waals surface area contributed by atoms with Gasteiger partial charge in [-0.2, -0.15) is 0 Å². The van der Waals surface area contributed by atoms with Gasteiger partial charge in [-0.25, -0.2) is 4.39 Å². The molecular formula is C23H29F. The quantitative estimate of drug-likeness (QED) is 0.575. The smallest absolute Gasteiger partial charge is 0.131 e. The fourth-order valence-corrected chi connectivity index (χ4v) is 4.01. The van der Waals surface area contributed by atoms with Crippen LogP contribution in [0, 0.1) is 31.5 Å². The van der Waals surface area contributed by atoms with E-state index in [1.54, 1.807) is 6.07 Å². The second-order valence-electron chi connectivity index (χ2n) is 7.80. The van der Waals surface area contributed by atoms with Crippen molar-refractivity contribution in [2.45, 2.75) is 59.3 Å². The molecule has 2 aromatic rings. The Morgan fingerprint density at radius 3 is 2.29 bits per heavy atom. The third kappa shape index (κ3) is 4.06. The fraction of sp³-hybridized carbons (Fsp3) is 0.478. The summed E-state index contributed by atoms with van der Waals surface area (Å²) in [5, 5.41) is 0. The minimum atomic E-state index is -0.123. The van der Waals surface area contributed by atoms with Crippen LogP contribution in [0.5, 0.6) is 0 Å². The summed E-state index contributed by atoms with van der Waals surface area (Å²) in [5.41, 5.74) is 5.26. The molecule has 0 nitrogen and oxygen atoms in total. The zero-order valence-corrected chi connectivity index (χ0v) is 15.2. The van der Waals surface area contributed by atoms with Crippen LogP contribution in [-0.4, -0.2) is 0 Å². The topological polar surface area (TPSA) is 0 Å². The maximum Gasteiger partial charge on any atom is 0.131 e. The number of benzene rings is 2. The van der Waals surface area contributed by atoms with Gasteiger partial charge in [0.1, 0.15) is 5.82 Å². The van der Waals surface area contributed by atoms with Crippen molar-refractivity contribution in [1.82, 2.24) is 0 Å². The Morgan fingerprint density at radius 1 is 0.917 bits per heavy atom. The van der Waals surface area contributed by atoms with Gasteiger partial charge in [-0.05, 0) is 66.8 Å². The lowest BCUT2D eigenvalue weighted by Crippen LogP contribution is -2.12. The Labute approximate surface area is 146 Å². The van der Waals surface area contributed by atoms with Gasteiger partial charge in [-0.1, -0.05) is 62.9 Å². The molecule has 0 aliphatic heterocycles. The molecule has 128 valence electrons. The van der Waals surface area contributed by atoms with Gasteiger partial charge in [0.05, 0.1) is 0 Å². The highest BCUT2D eigenvalue weighted by Crippen LogP contribution is 2.32. The summed E-state index contributed by atoms with van der Waals surface area (Å²) in [7, 11) is 0. The fourth-order valence-electron chi connectivity index (χ4n) is 4.01. The summed E-state index contributed by atoms with van der Waals surface area (Å²) in [6.45, 7) is 6.40. The van der Waals surface area contributed by atoms with Crippen molar-refractivity contribution >= 4 is 0 Å². The number of aryl methyl sites for hydroxylation is 3. The van der Waals surface area contributed by atoms with Crippen LogP contribution in [0.1, 0.15) is 55.7 Å². The van der Waals surface area contributed by atoms with Crippen LogP contribution in [0.2, 0.25) is 0 Å². The van der Waals surface area contributed by atoms with Gasteiger partial charge in [-0.3, -0.25) is 0 Å². The van der Waals surface area contributed by atoms with Gasteiger partial charge in [0.2, 0.25) is 0 Å². The maximum absolute atomic E-state index is 14.2. The lowest BCUT2D eigenvalue weighted by Gasteiger charge is -2.26. The molecule has 0 amide bonds. The van der Waals surface area contributed by atoms with E-state index in [9.17, 15) is 4.39 Å². The second-order valence-corrected chi connectivity index (χ2v) is 7.80. The molecule has 1 fully saturated rings. The zero-order chi connectivity index (χ0) is 17.1. The first-order chi connectivity index (χ1) is 11.5. The molecule has 0 aromatic heterocycles. The Bertz CT molecular complexity index is 693. The van der Waals surface area contributed by atoms with E-state index < -0.39 is 0 Å². The predicted molar refractivity (Wildman–Crippen MR) is 101 cm³/mol. The summed E-state index contributed by atoms with van der Waals surface area (Å²) >= 11 is 0. The first-order valence-electron chi connectivity index (χ1n) is 9.39. The Kier molecular flexibility index (Phi) is 5.38. The monoisotopic (exact) mass is 324 g/mol. The van der Waals surface area contributed by atoms with Gasteiger partial charge in [0.25, 0.3) is 0 Å². The molecule has 1 heteroatoms. The van der Waals surface area contributed by atoms with Crippen molar-refractivity contribution in [3.8, 4) is 11.1 Å². The van der Waals surface area contributed by atoms with Crippen LogP contribution >= 0.6 is 0 Å². The van der Waals surface area contributed by atoms with Crippen LogP contribution in [0.4, 0.5) is 4.39 Å². The van der Waals surface area contributed by atoms with Crippen molar-refractivity contribution in [1.29, 1.82) is 0 Å². The molecule has 0 atom stereocenters. The van der Waals surface area contributed by atoms with Crippen molar-refractivity contribution in [3.63, 3.8) is 0 Å². The summed E-state index contributed by atoms with van der Waals surface area (Å²) < 4.78 is 14.2. The molecule has 1 aliphatic rings. The van der Waals surface area contributed by atoms with E-state index in [0.29, 0.717) is 5.56 Å². The summed E-state index contributed by atoms with van der Waals surface area (Å²) in [4.78, 5) is 0. The van der Waals surface area contributed by atoms with Crippen molar-refractivity contribution in [3.05, 3.63) is 58.9 Å². The van der Waals surface area contributed by atoms with Crippen LogP contribution < -0.4 is 0 Å². The standard InChI is InChI=1S/C23H29F/c1-16-4-7-19(8-5-16)9-10-20-11-13-21(18(3)15-20)22-12-6-17(2)14-23(22)24/h6,11-16,19H,4-5,7-10H2,1-3H3. The molecule has 24 heavy (non-hydrogen) atoms. The Balaban J connectivity index is 1.68. The molecule has 0 saturated heterocycles. The van der Waals surface area contributed by atoms with Gasteiger partial charge in [0, 0.05) is 5.56 Å². The molecule has 0 heterocycles. The minimum Gasteiger partial charge on any atom is -0.206 e. The first kappa shape index (κ1) is 17.2. The van der Waals surface area contributed by atoms with Crippen LogP contribution in [0.25, 0.3) is 11.1 Å². The molecule has 1 aliphatic carbocycles. The molecule has 0 bridgehead atoms. The number of hydrogen-bond acceptors (Lipinski definition) is 0. The average Bonchev–Trinajstić information content (AvgIpc) is 2.55. The summed E-state index contributed by atoms with van der Waals surface area (Å²) in [6, 6.07) is 12.0. The Hall–Kier alpha value is -1.63. The molecule has 0 unspecified atom stereocenters. The van der Waals surface area contributed by atoms with E-state index >= 15 is 0 Å². The highest BCUT2D eigenvalue weighted by Gasteiger charge is 2.18. The van der Waals surface area contributed by atoms with Gasteiger partial charge < -0.3 is 0 Å². The predicted octanol–water partition coefficient (Wildman–Crippen LogP) is 6.87. The highest BCUT2D eigenvalue weighted by atomic mass is 19.1. The van der Waals surface area contributed by atoms with E-state index in [1.165, 1.54) is 43.2 Å². The number of halogens is 1. The highest BCUT2D eigenvalue weighted by molar-refractivity contribution is 5.68. The molecular weight excluding hydrogens is 295 g/mol. The number of hydrogen-bond donors (Lipinski definition) is 0. The largest absolute Gasteiger partial charge is 0.206 e. The maximum atomic E-state index is 14.2. The van der Waals surface area contributed by atoms with Crippen molar-refractivity contribution < 1.29 is 4.39 Å². The normalized spacial score (nSPS) is 21.0. The van der Waals surface area contributed by atoms with E-state index in [0.717, 1.165) is 29.4 Å². The van der Waals surface area contributed by atoms with E-state index in [1.807, 2.05) is 19.1 Å². The summed E-state index contributed by atoms with van der Waals surface area (Å²) in [6.07, 6.45) is 8.03. The molecule has 0 radical (unpaired) electrons. The molecule has 0 spiro atoms. The van der Waals surface area contributed by atoms with E-state index in [4.69, 9.17) is 0 Å². The van der Waals surface area contributed by atoms with E-state index in [2.05, 4.69) is 32.0 Å². The zero-order valence-electron chi connectivity index (χ0n) is 15.2. The minimum absolute atomic E-state index is 0.123. The van der Waals surface area contributed by atoms with Gasteiger partial charge >= 0.3 is 0 Å². The van der Waals surface area contributed by atoms with Gasteiger partial charge in [-0.15, -0.1) is 0 Å². The van der Waals surface area contributed by atoms with Crippen molar-refractivity contribution in [2.75, 3.05) is 0 Å². The summed E-state index contributed by atoms with van der Waals surface area (Å²) in [5.74, 6) is 1.70. The van der Waals surface area contributed by atoms with Crippen molar-refractivity contribution in [2.24, 2.45) is 11.8 Å². The van der Waals surface area contributed by atoms with Crippen LogP contribution in [0.3, 0.4) is 0 Å². The molecule has 0 N–H and O–H groups in total. The molecule has 3 rings (SSSR count). The molecule has 1 saturated carbocycles. The first-order valence-corrected chi connectivity index (χ1v) is 9.39. The SMILES string of the molecule is Cc1ccc(-c2ccc(CCC3CCC(C)CC3)cc2C)c(F)c1. The third-order valence-corrected chi connectivity index (χ3v) is 5.68. The van der Waals surface area contributed by atoms with Crippen LogP contribution in [0.15, 0.2) is 36.4 Å². The lowest BCUT2D eigenvalue weighted by atomic mass is 9.80. The second kappa shape index (κ2) is 7.51. The molecule has 2 aromatic carbocycles. The number of rotatable bonds is 4. The Morgan fingerprint density at radius 2 is 1.62 bits per heavy atom. The van der Waals surface area contributed by atoms with E-state index in [-0.39, 0.29) is 5.82 Å². The van der Waals surface area contributed by atoms with Gasteiger partial charge in [0.15, 0.2) is 0 Å².